The molecule has 1 aromatic carbocycles. The van der Waals surface area contributed by atoms with E-state index in [1.807, 2.05) is 18.2 Å². The highest BCUT2D eigenvalue weighted by Gasteiger charge is 2.24. The fourth-order valence-corrected chi connectivity index (χ4v) is 1.75. The number of carbonyl (C=O) groups excluding carboxylic acids is 1. The zero-order chi connectivity index (χ0) is 15.9. The molecule has 7 nitrogen and oxygen atoms in total. The van der Waals surface area contributed by atoms with Gasteiger partial charge in [0.25, 0.3) is 0 Å². The van der Waals surface area contributed by atoms with E-state index in [0.29, 0.717) is 5.75 Å². The van der Waals surface area contributed by atoms with Gasteiger partial charge in [0, 0.05) is 18.7 Å². The monoisotopic (exact) mass is 296 g/mol. The molecule has 0 fully saturated rings. The number of ether oxygens (including phenoxy) is 1. The van der Waals surface area contributed by atoms with Gasteiger partial charge in [-0.1, -0.05) is 18.2 Å². The van der Waals surface area contributed by atoms with E-state index < -0.39 is 24.0 Å². The van der Waals surface area contributed by atoms with Gasteiger partial charge < -0.3 is 25.6 Å². The first-order chi connectivity index (χ1) is 9.84. The molecule has 0 bridgehead atoms. The molecular weight excluding hydrogens is 276 g/mol. The summed E-state index contributed by atoms with van der Waals surface area (Å²) in [4.78, 5) is 22.2. The minimum atomic E-state index is -1.49. The van der Waals surface area contributed by atoms with Crippen LogP contribution in [0.2, 0.25) is 0 Å². The molecule has 4 N–H and O–H groups in total. The lowest BCUT2D eigenvalue weighted by molar-refractivity contribution is -0.141. The van der Waals surface area contributed by atoms with Crippen LogP contribution in [0.3, 0.4) is 0 Å². The number of urea groups is 1. The average Bonchev–Trinajstić information content (AvgIpc) is 2.42. The Bertz CT molecular complexity index is 502. The van der Waals surface area contributed by atoms with E-state index in [-0.39, 0.29) is 13.1 Å². The summed E-state index contributed by atoms with van der Waals surface area (Å²) in [6.45, 7) is 1.45. The minimum absolute atomic E-state index is 0.156. The number of benzene rings is 1. The lowest BCUT2D eigenvalue weighted by Gasteiger charge is -2.21. The Kier molecular flexibility index (Phi) is 5.98. The number of carboxylic acids is 1. The first-order valence-corrected chi connectivity index (χ1v) is 6.42. The number of carbonyl (C=O) groups is 2. The van der Waals surface area contributed by atoms with Crippen LogP contribution in [0.4, 0.5) is 4.79 Å². The van der Waals surface area contributed by atoms with E-state index in [2.05, 4.69) is 10.6 Å². The minimum Gasteiger partial charge on any atom is -0.496 e. The molecule has 1 unspecified atom stereocenters. The van der Waals surface area contributed by atoms with Crippen LogP contribution in [-0.4, -0.2) is 41.5 Å². The van der Waals surface area contributed by atoms with Crippen molar-refractivity contribution in [3.8, 4) is 5.75 Å². The molecular formula is C14H20N2O5. The van der Waals surface area contributed by atoms with Gasteiger partial charge in [-0.2, -0.15) is 0 Å². The fourth-order valence-electron chi connectivity index (χ4n) is 1.75. The number of carboxylic acid groups (broad SMARTS) is 1. The molecule has 1 rings (SSSR count). The molecule has 21 heavy (non-hydrogen) atoms. The summed E-state index contributed by atoms with van der Waals surface area (Å²) >= 11 is 0. The zero-order valence-corrected chi connectivity index (χ0v) is 12.0. The van der Waals surface area contributed by atoms with Gasteiger partial charge in [0.1, 0.15) is 5.75 Å². The highest BCUT2D eigenvalue weighted by Crippen LogP contribution is 2.16. The van der Waals surface area contributed by atoms with E-state index in [4.69, 9.17) is 9.84 Å². The van der Waals surface area contributed by atoms with Gasteiger partial charge in [-0.05, 0) is 13.0 Å². The summed E-state index contributed by atoms with van der Waals surface area (Å²) < 4.78 is 5.16. The summed E-state index contributed by atoms with van der Waals surface area (Å²) in [6, 6.07) is 6.76. The van der Waals surface area contributed by atoms with Gasteiger partial charge in [0.2, 0.25) is 0 Å². The molecule has 116 valence electrons. The number of aliphatic hydroxyl groups is 1. The molecule has 0 aliphatic carbocycles. The van der Waals surface area contributed by atoms with Crippen molar-refractivity contribution in [3.63, 3.8) is 0 Å². The van der Waals surface area contributed by atoms with Crippen molar-refractivity contribution in [1.82, 2.24) is 10.6 Å². The smallest absolute Gasteiger partial charge is 0.315 e. The van der Waals surface area contributed by atoms with Gasteiger partial charge in [0.05, 0.1) is 19.1 Å². The Morgan fingerprint density at radius 1 is 1.29 bits per heavy atom. The summed E-state index contributed by atoms with van der Waals surface area (Å²) in [6.07, 6.45) is -0.445. The van der Waals surface area contributed by atoms with Crippen LogP contribution in [0.5, 0.6) is 5.75 Å². The third kappa shape index (κ3) is 6.13. The number of hydrogen-bond donors (Lipinski definition) is 4. The van der Waals surface area contributed by atoms with Gasteiger partial charge in [0.15, 0.2) is 0 Å². The highest BCUT2D eigenvalue weighted by atomic mass is 16.5. The standard InChI is InChI=1S/C14H20N2O5/c1-14(20,7-12(17)18)9-16-13(19)15-8-10-5-3-4-6-11(10)21-2/h3-6,20H,7-9H2,1-2H3,(H,17,18)(H2,15,16,19). The average molecular weight is 296 g/mol. The molecule has 7 heteroatoms. The molecule has 0 saturated heterocycles. The molecule has 0 aliphatic heterocycles. The Labute approximate surface area is 122 Å². The number of nitrogens with one attached hydrogen (secondary N) is 2. The second kappa shape index (κ2) is 7.49. The maximum Gasteiger partial charge on any atom is 0.315 e. The summed E-state index contributed by atoms with van der Waals surface area (Å²) in [5.74, 6) is -0.466. The molecule has 1 aromatic rings. The lowest BCUT2D eigenvalue weighted by atomic mass is 10.0. The SMILES string of the molecule is COc1ccccc1CNC(=O)NCC(C)(O)CC(=O)O. The van der Waals surface area contributed by atoms with Crippen LogP contribution in [0.15, 0.2) is 24.3 Å². The topological polar surface area (TPSA) is 108 Å². The molecule has 0 spiro atoms. The maximum absolute atomic E-state index is 11.6. The van der Waals surface area contributed by atoms with Gasteiger partial charge in [-0.3, -0.25) is 4.79 Å². The van der Waals surface area contributed by atoms with Gasteiger partial charge in [-0.15, -0.1) is 0 Å². The van der Waals surface area contributed by atoms with Crippen molar-refractivity contribution in [2.45, 2.75) is 25.5 Å². The quantitative estimate of drug-likeness (QED) is 0.593. The largest absolute Gasteiger partial charge is 0.496 e. The molecule has 0 heterocycles. The van der Waals surface area contributed by atoms with Crippen LogP contribution in [0.1, 0.15) is 18.9 Å². The van der Waals surface area contributed by atoms with Crippen LogP contribution >= 0.6 is 0 Å². The van der Waals surface area contributed by atoms with Gasteiger partial charge in [-0.25, -0.2) is 4.79 Å². The van der Waals surface area contributed by atoms with E-state index in [1.165, 1.54) is 6.92 Å². The third-order valence-electron chi connectivity index (χ3n) is 2.79. The second-order valence-electron chi connectivity index (χ2n) is 4.92. The molecule has 0 saturated carbocycles. The van der Waals surface area contributed by atoms with E-state index in [9.17, 15) is 14.7 Å². The molecule has 0 aromatic heterocycles. The Balaban J connectivity index is 2.42. The Morgan fingerprint density at radius 2 is 1.95 bits per heavy atom. The maximum atomic E-state index is 11.6. The van der Waals surface area contributed by atoms with Crippen LogP contribution in [-0.2, 0) is 11.3 Å². The van der Waals surface area contributed by atoms with Crippen molar-refractivity contribution >= 4 is 12.0 Å². The number of aliphatic carboxylic acids is 1. The summed E-state index contributed by atoms with van der Waals surface area (Å²) in [5.41, 5.74) is -0.680. The molecule has 0 radical (unpaired) electrons. The van der Waals surface area contributed by atoms with Gasteiger partial charge >= 0.3 is 12.0 Å². The molecule has 1 atom stereocenters. The predicted molar refractivity (Wildman–Crippen MR) is 76.1 cm³/mol. The number of methoxy groups -OCH3 is 1. The van der Waals surface area contributed by atoms with Crippen LogP contribution in [0, 0.1) is 0 Å². The Hall–Kier alpha value is -2.28. The van der Waals surface area contributed by atoms with E-state index in [0.717, 1.165) is 5.56 Å². The predicted octanol–water partition coefficient (Wildman–Crippen LogP) is 0.720. The van der Waals surface area contributed by atoms with Crippen LogP contribution < -0.4 is 15.4 Å². The zero-order valence-electron chi connectivity index (χ0n) is 12.0. The van der Waals surface area contributed by atoms with Crippen molar-refractivity contribution in [2.24, 2.45) is 0 Å². The van der Waals surface area contributed by atoms with E-state index >= 15 is 0 Å². The number of amides is 2. The first kappa shape index (κ1) is 16.8. The normalized spacial score (nSPS) is 13.1. The molecule has 2 amide bonds. The third-order valence-corrected chi connectivity index (χ3v) is 2.79. The number of para-hydroxylation sites is 1. The number of hydrogen-bond acceptors (Lipinski definition) is 4. The van der Waals surface area contributed by atoms with Crippen LogP contribution in [0.25, 0.3) is 0 Å². The van der Waals surface area contributed by atoms with E-state index in [1.54, 1.807) is 13.2 Å². The van der Waals surface area contributed by atoms with Crippen molar-refractivity contribution in [3.05, 3.63) is 29.8 Å². The fraction of sp³-hybridized carbons (Fsp3) is 0.429. The summed E-state index contributed by atoms with van der Waals surface area (Å²) in [5, 5.41) is 23.4. The highest BCUT2D eigenvalue weighted by molar-refractivity contribution is 5.74. The summed E-state index contributed by atoms with van der Waals surface area (Å²) in [7, 11) is 1.54. The first-order valence-electron chi connectivity index (χ1n) is 6.42. The number of rotatable bonds is 7. The molecule has 0 aliphatic rings. The second-order valence-corrected chi connectivity index (χ2v) is 4.92. The lowest BCUT2D eigenvalue weighted by Crippen LogP contribution is -2.45. The van der Waals surface area contributed by atoms with Crippen molar-refractivity contribution in [1.29, 1.82) is 0 Å². The van der Waals surface area contributed by atoms with Crippen molar-refractivity contribution < 1.29 is 24.5 Å². The Morgan fingerprint density at radius 3 is 2.57 bits per heavy atom. The van der Waals surface area contributed by atoms with Crippen molar-refractivity contribution in [2.75, 3.05) is 13.7 Å².